The molecule has 0 unspecified atom stereocenters. The normalized spacial score (nSPS) is 12.1. The number of rotatable bonds is 15. The summed E-state index contributed by atoms with van der Waals surface area (Å²) in [4.78, 5) is 0. The van der Waals surface area contributed by atoms with E-state index in [0.717, 1.165) is 13.1 Å². The van der Waals surface area contributed by atoms with E-state index in [1.807, 2.05) is 0 Å². The summed E-state index contributed by atoms with van der Waals surface area (Å²) in [5, 5.41) is 2.73. The van der Waals surface area contributed by atoms with E-state index in [1.54, 1.807) is 0 Å². The van der Waals surface area contributed by atoms with Crippen molar-refractivity contribution >= 4 is 43.9 Å². The molecule has 0 bridgehead atoms. The quantitative estimate of drug-likeness (QED) is 0.111. The Balaban J connectivity index is 1.56. The number of hydrogen-bond acceptors (Lipinski definition) is 0. The number of hydrogen-bond donors (Lipinski definition) is 0. The number of benzene rings is 3. The first-order valence-electron chi connectivity index (χ1n) is 16.8. The smallest absolute Gasteiger partial charge is 0.0926 e. The van der Waals surface area contributed by atoms with Gasteiger partial charge in [0, 0.05) is 29.5 Å². The van der Waals surface area contributed by atoms with Crippen molar-refractivity contribution in [3.8, 4) is 5.69 Å². The zero-order chi connectivity index (χ0) is 28.9. The van der Waals surface area contributed by atoms with Gasteiger partial charge in [-0.15, -0.1) is 0 Å². The van der Waals surface area contributed by atoms with Crippen LogP contribution in [-0.4, -0.2) is 13.7 Å². The highest BCUT2D eigenvalue weighted by molar-refractivity contribution is 6.24. The van der Waals surface area contributed by atoms with Gasteiger partial charge in [-0.2, -0.15) is 0 Å². The molecule has 0 saturated carbocycles. The van der Waals surface area contributed by atoms with Gasteiger partial charge in [0.05, 0.1) is 33.1 Å². The van der Waals surface area contributed by atoms with E-state index in [-0.39, 0.29) is 0 Å². The minimum absolute atomic E-state index is 1.07. The van der Waals surface area contributed by atoms with Crippen LogP contribution < -0.4 is 0 Å². The molecule has 0 radical (unpaired) electrons. The van der Waals surface area contributed by atoms with Crippen molar-refractivity contribution in [1.29, 1.82) is 0 Å². The average Bonchev–Trinajstić information content (AvgIpc) is 3.63. The Hall–Kier alpha value is -3.46. The molecule has 6 aromatic rings. The number of aryl methyl sites for hydroxylation is 3. The highest BCUT2D eigenvalue weighted by atomic mass is 15.1. The zero-order valence-electron chi connectivity index (χ0n) is 26.2. The van der Waals surface area contributed by atoms with Crippen LogP contribution in [-0.2, 0) is 13.1 Å². The molecule has 0 aliphatic heterocycles. The summed E-state index contributed by atoms with van der Waals surface area (Å²) >= 11 is 0. The maximum Gasteiger partial charge on any atom is 0.0926 e. The van der Waals surface area contributed by atoms with Gasteiger partial charge in [-0.3, -0.25) is 0 Å². The third-order valence-corrected chi connectivity index (χ3v) is 9.32. The van der Waals surface area contributed by atoms with Crippen LogP contribution in [0.5, 0.6) is 0 Å². The van der Waals surface area contributed by atoms with Crippen LogP contribution in [0.3, 0.4) is 0 Å². The van der Waals surface area contributed by atoms with Gasteiger partial charge < -0.3 is 13.7 Å². The topological polar surface area (TPSA) is 14.8 Å². The molecule has 0 spiro atoms. The van der Waals surface area contributed by atoms with Gasteiger partial charge in [-0.1, -0.05) is 132 Å². The van der Waals surface area contributed by atoms with Gasteiger partial charge in [-0.05, 0) is 44.0 Å². The third kappa shape index (κ3) is 5.39. The Morgan fingerprint density at radius 2 is 0.881 bits per heavy atom. The van der Waals surface area contributed by atoms with Crippen LogP contribution in [0.25, 0.3) is 49.6 Å². The van der Waals surface area contributed by atoms with E-state index in [4.69, 9.17) is 0 Å². The van der Waals surface area contributed by atoms with Crippen LogP contribution in [0.1, 0.15) is 96.5 Å². The molecule has 220 valence electrons. The molecule has 42 heavy (non-hydrogen) atoms. The Labute approximate surface area is 252 Å². The average molecular weight is 560 g/mol. The first-order valence-corrected chi connectivity index (χ1v) is 16.8. The highest BCUT2D eigenvalue weighted by Crippen LogP contribution is 2.43. The number of aromatic nitrogens is 3. The lowest BCUT2D eigenvalue weighted by molar-refractivity contribution is 0.567. The van der Waals surface area contributed by atoms with Gasteiger partial charge in [0.2, 0.25) is 0 Å². The van der Waals surface area contributed by atoms with Crippen LogP contribution >= 0.6 is 0 Å². The molecule has 3 heteroatoms. The molecule has 3 heterocycles. The molecule has 0 fully saturated rings. The minimum atomic E-state index is 1.07. The van der Waals surface area contributed by atoms with Crippen molar-refractivity contribution < 1.29 is 0 Å². The second-order valence-electron chi connectivity index (χ2n) is 12.4. The van der Waals surface area contributed by atoms with Gasteiger partial charge in [-0.25, -0.2) is 0 Å². The Bertz CT molecular complexity index is 1650. The molecular weight excluding hydrogens is 510 g/mol. The minimum Gasteiger partial charge on any atom is -0.337 e. The predicted octanol–water partition coefficient (Wildman–Crippen LogP) is 11.7. The number of unbranched alkanes of at least 4 members (excludes halogenated alkanes) is 10. The molecule has 6 rings (SSSR count). The molecular formula is C39H49N3. The fourth-order valence-corrected chi connectivity index (χ4v) is 7.13. The summed E-state index contributed by atoms with van der Waals surface area (Å²) in [6.45, 7) is 8.93. The van der Waals surface area contributed by atoms with E-state index in [9.17, 15) is 0 Å². The molecule has 0 aliphatic carbocycles. The maximum atomic E-state index is 2.67. The molecule has 3 aromatic heterocycles. The molecule has 0 atom stereocenters. The van der Waals surface area contributed by atoms with E-state index in [0.29, 0.717) is 0 Å². The molecule has 0 amide bonds. The molecule has 0 aliphatic rings. The third-order valence-electron chi connectivity index (χ3n) is 9.32. The standard InChI is InChI=1S/C39H49N3/c1-4-6-8-10-12-18-28-40-34-22-16-14-20-32(34)36-38(40)39-37(42(36)31-26-24-30(3)25-27-31)33-21-15-17-23-35(33)41(39)29-19-13-11-9-7-5-2/h14-17,20-27H,4-13,18-19,28-29H2,1-3H3. The van der Waals surface area contributed by atoms with Crippen molar-refractivity contribution in [3.05, 3.63) is 78.4 Å². The van der Waals surface area contributed by atoms with Crippen LogP contribution in [0, 0.1) is 6.92 Å². The van der Waals surface area contributed by atoms with Gasteiger partial charge in [0.1, 0.15) is 0 Å². The predicted molar refractivity (Wildman–Crippen MR) is 183 cm³/mol. The summed E-state index contributed by atoms with van der Waals surface area (Å²) in [6.07, 6.45) is 15.8. The van der Waals surface area contributed by atoms with Gasteiger partial charge >= 0.3 is 0 Å². The van der Waals surface area contributed by atoms with Crippen molar-refractivity contribution in [2.24, 2.45) is 0 Å². The summed E-state index contributed by atoms with van der Waals surface area (Å²) in [5.41, 5.74) is 10.9. The second-order valence-corrected chi connectivity index (χ2v) is 12.4. The summed E-state index contributed by atoms with van der Waals surface area (Å²) in [5.74, 6) is 0. The van der Waals surface area contributed by atoms with Crippen molar-refractivity contribution in [2.75, 3.05) is 0 Å². The van der Waals surface area contributed by atoms with E-state index >= 15 is 0 Å². The first kappa shape index (κ1) is 28.6. The van der Waals surface area contributed by atoms with Crippen molar-refractivity contribution in [1.82, 2.24) is 13.7 Å². The first-order chi connectivity index (χ1) is 20.7. The molecule has 0 saturated heterocycles. The zero-order valence-corrected chi connectivity index (χ0v) is 26.2. The van der Waals surface area contributed by atoms with E-state index in [2.05, 4.69) is 107 Å². The molecule has 3 aromatic carbocycles. The monoisotopic (exact) mass is 559 g/mol. The second kappa shape index (κ2) is 13.2. The van der Waals surface area contributed by atoms with Crippen LogP contribution in [0.15, 0.2) is 72.8 Å². The SMILES string of the molecule is CCCCCCCCn1c2ccccc2c2c1c1c(c3ccccc3n1CCCCCCCC)n2-c1ccc(C)cc1. The van der Waals surface area contributed by atoms with Gasteiger partial charge in [0.15, 0.2) is 0 Å². The summed E-state index contributed by atoms with van der Waals surface area (Å²) in [7, 11) is 0. The summed E-state index contributed by atoms with van der Waals surface area (Å²) in [6, 6.07) is 27.4. The van der Waals surface area contributed by atoms with Crippen LogP contribution in [0.2, 0.25) is 0 Å². The maximum absolute atomic E-state index is 2.67. The van der Waals surface area contributed by atoms with E-state index in [1.165, 1.54) is 132 Å². The summed E-state index contributed by atoms with van der Waals surface area (Å²) < 4.78 is 7.94. The number of fused-ring (bicyclic) bond motifs is 7. The van der Waals surface area contributed by atoms with Crippen molar-refractivity contribution in [2.45, 2.75) is 111 Å². The molecule has 3 nitrogen and oxygen atoms in total. The number of nitrogens with zero attached hydrogens (tertiary/aromatic N) is 3. The lowest BCUT2D eigenvalue weighted by Crippen LogP contribution is -2.01. The van der Waals surface area contributed by atoms with Crippen LogP contribution in [0.4, 0.5) is 0 Å². The fourth-order valence-electron chi connectivity index (χ4n) is 7.13. The highest BCUT2D eigenvalue weighted by Gasteiger charge is 2.26. The van der Waals surface area contributed by atoms with Crippen molar-refractivity contribution in [3.63, 3.8) is 0 Å². The molecule has 0 N–H and O–H groups in total. The van der Waals surface area contributed by atoms with E-state index < -0.39 is 0 Å². The largest absolute Gasteiger partial charge is 0.337 e. The Morgan fingerprint density at radius 1 is 0.452 bits per heavy atom. The lowest BCUT2D eigenvalue weighted by atomic mass is 10.1. The lowest BCUT2D eigenvalue weighted by Gasteiger charge is -2.10. The Kier molecular flexibility index (Phi) is 9.03. The fraction of sp³-hybridized carbons (Fsp3) is 0.436. The Morgan fingerprint density at radius 3 is 1.36 bits per heavy atom. The number of para-hydroxylation sites is 2. The van der Waals surface area contributed by atoms with Gasteiger partial charge in [0.25, 0.3) is 0 Å².